The Bertz CT molecular complexity index is 833. The van der Waals surface area contributed by atoms with E-state index in [9.17, 15) is 4.79 Å². The Kier molecular flexibility index (Phi) is 6.47. The number of anilines is 2. The van der Waals surface area contributed by atoms with Gasteiger partial charge < -0.3 is 15.0 Å². The van der Waals surface area contributed by atoms with E-state index in [-0.39, 0.29) is 12.5 Å². The van der Waals surface area contributed by atoms with Crippen molar-refractivity contribution in [3.63, 3.8) is 0 Å². The van der Waals surface area contributed by atoms with Crippen molar-refractivity contribution in [1.82, 2.24) is 0 Å². The summed E-state index contributed by atoms with van der Waals surface area (Å²) in [5, 5.41) is 3.20. The molecule has 1 N–H and O–H groups in total. The normalized spacial score (nSPS) is 10.3. The third kappa shape index (κ3) is 5.35. The zero-order chi connectivity index (χ0) is 18.9. The predicted octanol–water partition coefficient (Wildman–Crippen LogP) is 4.73. The Hall–Kier alpha value is -3.27. The maximum absolute atomic E-state index is 12.9. The minimum Gasteiger partial charge on any atom is -0.494 e. The number of nitrogens with zero attached hydrogens (tertiary/aromatic N) is 1. The lowest BCUT2D eigenvalue weighted by Gasteiger charge is -2.23. The van der Waals surface area contributed by atoms with Crippen LogP contribution in [0.5, 0.6) is 5.75 Å². The van der Waals surface area contributed by atoms with Gasteiger partial charge in [0, 0.05) is 11.4 Å². The lowest BCUT2D eigenvalue weighted by Crippen LogP contribution is -2.35. The van der Waals surface area contributed by atoms with Crippen LogP contribution in [-0.4, -0.2) is 19.1 Å². The molecule has 0 saturated heterocycles. The Morgan fingerprint density at radius 3 is 2.15 bits per heavy atom. The van der Waals surface area contributed by atoms with Gasteiger partial charge in [-0.2, -0.15) is 0 Å². The number of carbonyl (C=O) groups excluding carboxylic acids is 1. The highest BCUT2D eigenvalue weighted by Crippen LogP contribution is 2.19. The van der Waals surface area contributed by atoms with E-state index in [1.165, 1.54) is 0 Å². The molecule has 3 rings (SSSR count). The molecular formula is C23H24N2O2. The number of ether oxygens (including phenoxy) is 1. The van der Waals surface area contributed by atoms with Crippen LogP contribution < -0.4 is 15.0 Å². The summed E-state index contributed by atoms with van der Waals surface area (Å²) in [6.07, 6.45) is 0. The highest BCUT2D eigenvalue weighted by Gasteiger charge is 2.16. The van der Waals surface area contributed by atoms with Crippen LogP contribution in [0.25, 0.3) is 0 Å². The molecule has 0 aliphatic rings. The van der Waals surface area contributed by atoms with Crippen LogP contribution in [0.4, 0.5) is 11.4 Å². The molecule has 3 aromatic rings. The van der Waals surface area contributed by atoms with Crippen molar-refractivity contribution in [3.05, 3.63) is 90.5 Å². The highest BCUT2D eigenvalue weighted by atomic mass is 16.5. The Morgan fingerprint density at radius 2 is 1.52 bits per heavy atom. The van der Waals surface area contributed by atoms with Gasteiger partial charge in [-0.25, -0.2) is 0 Å². The molecule has 0 aromatic heterocycles. The van der Waals surface area contributed by atoms with Crippen LogP contribution in [0, 0.1) is 0 Å². The van der Waals surface area contributed by atoms with Crippen molar-refractivity contribution in [1.29, 1.82) is 0 Å². The van der Waals surface area contributed by atoms with Gasteiger partial charge in [0.25, 0.3) is 0 Å². The minimum absolute atomic E-state index is 0.0129. The summed E-state index contributed by atoms with van der Waals surface area (Å²) in [5.74, 6) is 0.836. The molecule has 0 radical (unpaired) electrons. The zero-order valence-electron chi connectivity index (χ0n) is 15.5. The second kappa shape index (κ2) is 9.43. The molecular weight excluding hydrogens is 336 g/mol. The molecule has 0 fully saturated rings. The molecule has 3 aromatic carbocycles. The summed E-state index contributed by atoms with van der Waals surface area (Å²) in [6, 6.07) is 27.4. The molecule has 0 spiro atoms. The molecule has 27 heavy (non-hydrogen) atoms. The molecule has 0 saturated carbocycles. The number of nitrogens with one attached hydrogen (secondary N) is 1. The van der Waals surface area contributed by atoms with Crippen LogP contribution in [0.3, 0.4) is 0 Å². The Labute approximate surface area is 160 Å². The fourth-order valence-electron chi connectivity index (χ4n) is 2.81. The average molecular weight is 360 g/mol. The summed E-state index contributed by atoms with van der Waals surface area (Å²) in [4.78, 5) is 14.7. The van der Waals surface area contributed by atoms with Crippen LogP contribution in [-0.2, 0) is 11.3 Å². The van der Waals surface area contributed by atoms with Gasteiger partial charge in [0.15, 0.2) is 0 Å². The second-order valence-corrected chi connectivity index (χ2v) is 6.11. The number of carbonyl (C=O) groups is 1. The second-order valence-electron chi connectivity index (χ2n) is 6.11. The van der Waals surface area contributed by atoms with Gasteiger partial charge in [0.2, 0.25) is 5.91 Å². The van der Waals surface area contributed by atoms with Crippen molar-refractivity contribution in [2.75, 3.05) is 23.4 Å². The summed E-state index contributed by atoms with van der Waals surface area (Å²) in [6.45, 7) is 3.34. The summed E-state index contributed by atoms with van der Waals surface area (Å²) >= 11 is 0. The van der Waals surface area contributed by atoms with Crippen molar-refractivity contribution in [3.8, 4) is 5.75 Å². The van der Waals surface area contributed by atoms with Gasteiger partial charge >= 0.3 is 0 Å². The topological polar surface area (TPSA) is 41.6 Å². The van der Waals surface area contributed by atoms with Crippen molar-refractivity contribution in [2.24, 2.45) is 0 Å². The first-order chi connectivity index (χ1) is 13.3. The molecule has 0 aliphatic heterocycles. The van der Waals surface area contributed by atoms with E-state index in [4.69, 9.17) is 4.74 Å². The van der Waals surface area contributed by atoms with Crippen LogP contribution in [0.1, 0.15) is 12.5 Å². The lowest BCUT2D eigenvalue weighted by atomic mass is 10.2. The van der Waals surface area contributed by atoms with Crippen molar-refractivity contribution >= 4 is 17.3 Å². The summed E-state index contributed by atoms with van der Waals surface area (Å²) in [7, 11) is 0. The molecule has 138 valence electrons. The first-order valence-corrected chi connectivity index (χ1v) is 9.12. The molecule has 0 unspecified atom stereocenters. The summed E-state index contributed by atoms with van der Waals surface area (Å²) < 4.78 is 5.45. The average Bonchev–Trinajstić information content (AvgIpc) is 2.73. The summed E-state index contributed by atoms with van der Waals surface area (Å²) in [5.41, 5.74) is 2.87. The Morgan fingerprint density at radius 1 is 0.889 bits per heavy atom. The molecule has 4 nitrogen and oxygen atoms in total. The maximum Gasteiger partial charge on any atom is 0.246 e. The van der Waals surface area contributed by atoms with Gasteiger partial charge in [0.1, 0.15) is 5.75 Å². The molecule has 0 atom stereocenters. The number of hydrogen-bond donors (Lipinski definition) is 1. The van der Waals surface area contributed by atoms with E-state index in [0.29, 0.717) is 13.2 Å². The van der Waals surface area contributed by atoms with E-state index < -0.39 is 0 Å². The van der Waals surface area contributed by atoms with E-state index >= 15 is 0 Å². The largest absolute Gasteiger partial charge is 0.494 e. The van der Waals surface area contributed by atoms with Gasteiger partial charge in [-0.1, -0.05) is 48.5 Å². The van der Waals surface area contributed by atoms with E-state index in [1.54, 1.807) is 4.90 Å². The van der Waals surface area contributed by atoms with Gasteiger partial charge in [-0.3, -0.25) is 4.79 Å². The first kappa shape index (κ1) is 18.5. The maximum atomic E-state index is 12.9. The standard InChI is InChI=1S/C23H24N2O2/c1-2-27-22-15-13-20(14-16-22)24-17-23(26)25(21-11-7-4-8-12-21)18-19-9-5-3-6-10-19/h3-16,24H,2,17-18H2,1H3. The van der Waals surface area contributed by atoms with Crippen LogP contribution in [0.2, 0.25) is 0 Å². The fourth-order valence-corrected chi connectivity index (χ4v) is 2.81. The fraction of sp³-hybridized carbons (Fsp3) is 0.174. The third-order valence-corrected chi connectivity index (χ3v) is 4.16. The van der Waals surface area contributed by atoms with Gasteiger partial charge in [-0.05, 0) is 48.9 Å². The van der Waals surface area contributed by atoms with Crippen LogP contribution in [0.15, 0.2) is 84.9 Å². The molecule has 0 bridgehead atoms. The first-order valence-electron chi connectivity index (χ1n) is 9.12. The van der Waals surface area contributed by atoms with E-state index in [0.717, 1.165) is 22.7 Å². The Balaban J connectivity index is 1.69. The minimum atomic E-state index is 0.0129. The van der Waals surface area contributed by atoms with Crippen molar-refractivity contribution < 1.29 is 9.53 Å². The quantitative estimate of drug-likeness (QED) is 0.631. The lowest BCUT2D eigenvalue weighted by molar-refractivity contribution is -0.117. The molecule has 0 aliphatic carbocycles. The number of para-hydroxylation sites is 1. The number of hydrogen-bond acceptors (Lipinski definition) is 3. The van der Waals surface area contributed by atoms with E-state index in [1.807, 2.05) is 91.9 Å². The molecule has 4 heteroatoms. The molecule has 0 heterocycles. The smallest absolute Gasteiger partial charge is 0.246 e. The van der Waals surface area contributed by atoms with Crippen molar-refractivity contribution in [2.45, 2.75) is 13.5 Å². The van der Waals surface area contributed by atoms with Gasteiger partial charge in [-0.15, -0.1) is 0 Å². The van der Waals surface area contributed by atoms with Crippen LogP contribution >= 0.6 is 0 Å². The highest BCUT2D eigenvalue weighted by molar-refractivity contribution is 5.96. The van der Waals surface area contributed by atoms with Gasteiger partial charge in [0.05, 0.1) is 19.7 Å². The zero-order valence-corrected chi connectivity index (χ0v) is 15.5. The van der Waals surface area contributed by atoms with E-state index in [2.05, 4.69) is 5.32 Å². The third-order valence-electron chi connectivity index (χ3n) is 4.16. The monoisotopic (exact) mass is 360 g/mol. The SMILES string of the molecule is CCOc1ccc(NCC(=O)N(Cc2ccccc2)c2ccccc2)cc1. The molecule has 1 amide bonds. The number of benzene rings is 3. The number of amides is 1. The predicted molar refractivity (Wildman–Crippen MR) is 110 cm³/mol. The number of rotatable bonds is 8.